The van der Waals surface area contributed by atoms with Crippen molar-refractivity contribution < 1.29 is 15.0 Å². The van der Waals surface area contributed by atoms with Gasteiger partial charge in [0.25, 0.3) is 5.91 Å². The molecule has 3 rings (SSSR count). The number of carbonyl (C=O) groups is 1. The van der Waals surface area contributed by atoms with Gasteiger partial charge in [0, 0.05) is 18.9 Å². The zero-order valence-electron chi connectivity index (χ0n) is 16.0. The summed E-state index contributed by atoms with van der Waals surface area (Å²) < 4.78 is 0. The summed E-state index contributed by atoms with van der Waals surface area (Å²) in [4.78, 5) is 16.3. The minimum absolute atomic E-state index is 0.0296. The molecule has 0 saturated carbocycles. The maximum atomic E-state index is 12.3. The number of carbonyl (C=O) groups excluding carboxylic acids is 1. The standard InChI is InChI=1S/C24H19N3O3/c25-15-21(24(30)27-16-20-7-8-22(28)23(29)14-20)13-19-5-3-17(4-6-19)1-2-18-9-11-26-12-10-18/h1-14,28-29H,16H2,(H,27,30). The second-order valence-corrected chi connectivity index (χ2v) is 6.46. The third-order valence-electron chi connectivity index (χ3n) is 4.28. The van der Waals surface area contributed by atoms with Crippen LogP contribution in [0.3, 0.4) is 0 Å². The highest BCUT2D eigenvalue weighted by Crippen LogP contribution is 2.24. The predicted octanol–water partition coefficient (Wildman–Crippen LogP) is 3.89. The summed E-state index contributed by atoms with van der Waals surface area (Å²) >= 11 is 0. The lowest BCUT2D eigenvalue weighted by Crippen LogP contribution is -2.23. The molecule has 0 unspecified atom stereocenters. The fraction of sp³-hybridized carbons (Fsp3) is 0.0417. The third kappa shape index (κ3) is 5.57. The number of aromatic hydroxyl groups is 2. The first-order valence-corrected chi connectivity index (χ1v) is 9.14. The average molecular weight is 397 g/mol. The van der Waals surface area contributed by atoms with E-state index in [1.165, 1.54) is 18.2 Å². The van der Waals surface area contributed by atoms with Crippen molar-refractivity contribution in [3.05, 3.63) is 94.8 Å². The van der Waals surface area contributed by atoms with E-state index in [4.69, 9.17) is 0 Å². The van der Waals surface area contributed by atoms with Crippen LogP contribution >= 0.6 is 0 Å². The first-order valence-electron chi connectivity index (χ1n) is 9.14. The van der Waals surface area contributed by atoms with Crippen molar-refractivity contribution >= 4 is 24.1 Å². The monoisotopic (exact) mass is 397 g/mol. The largest absolute Gasteiger partial charge is 0.504 e. The van der Waals surface area contributed by atoms with Crippen molar-refractivity contribution in [2.75, 3.05) is 0 Å². The van der Waals surface area contributed by atoms with Gasteiger partial charge in [-0.05, 0) is 52.6 Å². The summed E-state index contributed by atoms with van der Waals surface area (Å²) in [5.41, 5.74) is 3.32. The van der Waals surface area contributed by atoms with Crippen molar-refractivity contribution in [2.45, 2.75) is 6.54 Å². The Kier molecular flexibility index (Phi) is 6.59. The van der Waals surface area contributed by atoms with E-state index in [-0.39, 0.29) is 23.6 Å². The molecule has 1 amide bonds. The lowest BCUT2D eigenvalue weighted by atomic mass is 10.1. The van der Waals surface area contributed by atoms with E-state index < -0.39 is 5.91 Å². The third-order valence-corrected chi connectivity index (χ3v) is 4.28. The number of aromatic nitrogens is 1. The van der Waals surface area contributed by atoms with Crippen LogP contribution in [0.4, 0.5) is 0 Å². The van der Waals surface area contributed by atoms with Gasteiger partial charge in [-0.3, -0.25) is 9.78 Å². The Bertz CT molecular complexity index is 1130. The van der Waals surface area contributed by atoms with Gasteiger partial charge >= 0.3 is 0 Å². The molecule has 148 valence electrons. The molecule has 0 aliphatic heterocycles. The normalized spacial score (nSPS) is 11.2. The maximum absolute atomic E-state index is 12.3. The maximum Gasteiger partial charge on any atom is 0.262 e. The summed E-state index contributed by atoms with van der Waals surface area (Å²) in [5.74, 6) is -1.02. The fourth-order valence-electron chi connectivity index (χ4n) is 2.64. The Balaban J connectivity index is 1.64. The van der Waals surface area contributed by atoms with Gasteiger partial charge in [0.15, 0.2) is 11.5 Å². The first-order chi connectivity index (χ1) is 14.5. The SMILES string of the molecule is N#CC(=Cc1ccc(C=Cc2ccncc2)cc1)C(=O)NCc1ccc(O)c(O)c1. The quantitative estimate of drug-likeness (QED) is 0.332. The first kappa shape index (κ1) is 20.4. The van der Waals surface area contributed by atoms with Crippen molar-refractivity contribution in [3.8, 4) is 17.6 Å². The zero-order chi connectivity index (χ0) is 21.3. The number of nitrogens with one attached hydrogen (secondary N) is 1. The molecular formula is C24H19N3O3. The summed E-state index contributed by atoms with van der Waals surface area (Å²) in [5, 5.41) is 30.8. The summed E-state index contributed by atoms with van der Waals surface area (Å²) in [6.45, 7) is 0.116. The number of hydrogen-bond acceptors (Lipinski definition) is 5. The van der Waals surface area contributed by atoms with Gasteiger partial charge in [0.2, 0.25) is 0 Å². The van der Waals surface area contributed by atoms with E-state index in [1.807, 2.05) is 54.6 Å². The molecule has 0 aliphatic carbocycles. The van der Waals surface area contributed by atoms with Gasteiger partial charge in [0.1, 0.15) is 11.6 Å². The molecule has 1 aromatic heterocycles. The highest BCUT2D eigenvalue weighted by molar-refractivity contribution is 6.01. The average Bonchev–Trinajstić information content (AvgIpc) is 2.78. The van der Waals surface area contributed by atoms with Gasteiger partial charge in [-0.1, -0.05) is 42.5 Å². The van der Waals surface area contributed by atoms with Crippen molar-refractivity contribution in [2.24, 2.45) is 0 Å². The van der Waals surface area contributed by atoms with Crippen LogP contribution in [0.5, 0.6) is 11.5 Å². The predicted molar refractivity (Wildman–Crippen MR) is 115 cm³/mol. The highest BCUT2D eigenvalue weighted by atomic mass is 16.3. The Morgan fingerprint density at radius 1 is 0.933 bits per heavy atom. The lowest BCUT2D eigenvalue weighted by molar-refractivity contribution is -0.117. The Labute approximate surface area is 174 Å². The molecule has 6 nitrogen and oxygen atoms in total. The molecule has 2 aromatic carbocycles. The number of benzene rings is 2. The van der Waals surface area contributed by atoms with Gasteiger partial charge in [-0.15, -0.1) is 0 Å². The molecule has 30 heavy (non-hydrogen) atoms. The number of phenols is 2. The minimum atomic E-state index is -0.522. The molecule has 0 fully saturated rings. The zero-order valence-corrected chi connectivity index (χ0v) is 16.0. The molecule has 0 radical (unpaired) electrons. The Morgan fingerprint density at radius 3 is 2.20 bits per heavy atom. The van der Waals surface area contributed by atoms with Crippen molar-refractivity contribution in [3.63, 3.8) is 0 Å². The summed E-state index contributed by atoms with van der Waals surface area (Å²) in [6.07, 6.45) is 8.91. The molecular weight excluding hydrogens is 378 g/mol. The van der Waals surface area contributed by atoms with Crippen LogP contribution in [-0.2, 0) is 11.3 Å². The number of nitriles is 1. The number of rotatable bonds is 6. The number of pyridine rings is 1. The minimum Gasteiger partial charge on any atom is -0.504 e. The topological polar surface area (TPSA) is 106 Å². The van der Waals surface area contributed by atoms with E-state index in [9.17, 15) is 20.3 Å². The molecule has 1 heterocycles. The van der Waals surface area contributed by atoms with Crippen LogP contribution in [0.25, 0.3) is 18.2 Å². The van der Waals surface area contributed by atoms with Gasteiger partial charge in [0.05, 0.1) is 0 Å². The number of nitrogens with zero attached hydrogens (tertiary/aromatic N) is 2. The van der Waals surface area contributed by atoms with E-state index >= 15 is 0 Å². The van der Waals surface area contributed by atoms with Crippen LogP contribution in [-0.4, -0.2) is 21.1 Å². The molecule has 0 aliphatic rings. The van der Waals surface area contributed by atoms with Gasteiger partial charge < -0.3 is 15.5 Å². The van der Waals surface area contributed by atoms with Gasteiger partial charge in [-0.2, -0.15) is 5.26 Å². The summed E-state index contributed by atoms with van der Waals surface area (Å²) in [7, 11) is 0. The second-order valence-electron chi connectivity index (χ2n) is 6.46. The molecule has 0 saturated heterocycles. The molecule has 0 bridgehead atoms. The van der Waals surface area contributed by atoms with Crippen LogP contribution in [0.2, 0.25) is 0 Å². The van der Waals surface area contributed by atoms with Crippen LogP contribution in [0.15, 0.2) is 72.6 Å². The number of phenolic OH excluding ortho intramolecular Hbond substituents is 2. The fourth-order valence-corrected chi connectivity index (χ4v) is 2.64. The molecule has 6 heteroatoms. The molecule has 3 N–H and O–H groups in total. The van der Waals surface area contributed by atoms with Crippen molar-refractivity contribution in [1.82, 2.24) is 10.3 Å². The Morgan fingerprint density at radius 2 is 1.57 bits per heavy atom. The lowest BCUT2D eigenvalue weighted by Gasteiger charge is -2.06. The summed E-state index contributed by atoms with van der Waals surface area (Å²) in [6, 6.07) is 17.4. The number of hydrogen-bond donors (Lipinski definition) is 3. The Hall–Kier alpha value is -4.37. The van der Waals surface area contributed by atoms with Crippen LogP contribution in [0, 0.1) is 11.3 Å². The molecule has 0 atom stereocenters. The van der Waals surface area contributed by atoms with E-state index in [0.29, 0.717) is 5.56 Å². The number of amides is 1. The van der Waals surface area contributed by atoms with Crippen molar-refractivity contribution in [1.29, 1.82) is 5.26 Å². The molecule has 3 aromatic rings. The van der Waals surface area contributed by atoms with Gasteiger partial charge in [-0.25, -0.2) is 0 Å². The van der Waals surface area contributed by atoms with E-state index in [0.717, 1.165) is 16.7 Å². The van der Waals surface area contributed by atoms with Crippen LogP contribution < -0.4 is 5.32 Å². The second kappa shape index (κ2) is 9.71. The smallest absolute Gasteiger partial charge is 0.262 e. The van der Waals surface area contributed by atoms with E-state index in [1.54, 1.807) is 18.5 Å². The van der Waals surface area contributed by atoms with E-state index in [2.05, 4.69) is 10.3 Å². The molecule has 0 spiro atoms. The highest BCUT2D eigenvalue weighted by Gasteiger charge is 2.09. The van der Waals surface area contributed by atoms with Crippen LogP contribution in [0.1, 0.15) is 22.3 Å².